The van der Waals surface area contributed by atoms with Crippen LogP contribution in [0.3, 0.4) is 0 Å². The van der Waals surface area contributed by atoms with Crippen LogP contribution in [0.1, 0.15) is 55.4 Å². The highest BCUT2D eigenvalue weighted by Gasteiger charge is 2.39. The van der Waals surface area contributed by atoms with Crippen molar-refractivity contribution in [1.82, 2.24) is 20.4 Å². The number of piperazine rings is 2. The van der Waals surface area contributed by atoms with E-state index < -0.39 is 0 Å². The Hall–Kier alpha value is -0.200. The van der Waals surface area contributed by atoms with Gasteiger partial charge in [0.2, 0.25) is 0 Å². The number of nitrogens with zero attached hydrogens (tertiary/aromatic N) is 2. The van der Waals surface area contributed by atoms with Crippen molar-refractivity contribution < 1.29 is 4.74 Å². The lowest BCUT2D eigenvalue weighted by Crippen LogP contribution is -2.66. The molecule has 0 bridgehead atoms. The summed E-state index contributed by atoms with van der Waals surface area (Å²) < 4.78 is 6.40. The van der Waals surface area contributed by atoms with Gasteiger partial charge in [0.15, 0.2) is 0 Å². The first kappa shape index (κ1) is 22.1. The Morgan fingerprint density at radius 1 is 0.769 bits per heavy atom. The molecule has 154 valence electrons. The molecule has 0 aromatic rings. The normalized spacial score (nSPS) is 45.5. The lowest BCUT2D eigenvalue weighted by atomic mass is 9.86. The molecule has 2 aliphatic rings. The van der Waals surface area contributed by atoms with Gasteiger partial charge in [-0.25, -0.2) is 0 Å². The molecular weight excluding hydrogens is 324 g/mol. The molecule has 2 aliphatic heterocycles. The molecule has 5 nitrogen and oxygen atoms in total. The monoisotopic (exact) mass is 368 g/mol. The zero-order chi connectivity index (χ0) is 19.8. The summed E-state index contributed by atoms with van der Waals surface area (Å²) >= 11 is 0. The minimum Gasteiger partial charge on any atom is -0.376 e. The summed E-state index contributed by atoms with van der Waals surface area (Å²) in [5.41, 5.74) is 0. The molecule has 2 saturated heterocycles. The molecule has 0 spiro atoms. The lowest BCUT2D eigenvalue weighted by Gasteiger charge is -2.49. The molecular formula is C21H44N4O. The van der Waals surface area contributed by atoms with Gasteiger partial charge in [-0.2, -0.15) is 0 Å². The van der Waals surface area contributed by atoms with Crippen LogP contribution in [0.5, 0.6) is 0 Å². The van der Waals surface area contributed by atoms with Crippen LogP contribution in [0.25, 0.3) is 0 Å². The molecule has 0 aromatic heterocycles. The molecule has 2 fully saturated rings. The van der Waals surface area contributed by atoms with E-state index in [0.717, 1.165) is 6.61 Å². The van der Waals surface area contributed by atoms with Gasteiger partial charge < -0.3 is 15.4 Å². The molecule has 2 N–H and O–H groups in total. The van der Waals surface area contributed by atoms with E-state index in [-0.39, 0.29) is 6.10 Å². The third-order valence-electron chi connectivity index (χ3n) is 7.90. The highest BCUT2D eigenvalue weighted by atomic mass is 16.5. The topological polar surface area (TPSA) is 39.8 Å². The molecule has 0 aromatic carbocycles. The molecule has 10 unspecified atom stereocenters. The van der Waals surface area contributed by atoms with Crippen molar-refractivity contribution in [3.05, 3.63) is 0 Å². The predicted octanol–water partition coefficient (Wildman–Crippen LogP) is 2.17. The van der Waals surface area contributed by atoms with Gasteiger partial charge in [0.1, 0.15) is 0 Å². The van der Waals surface area contributed by atoms with E-state index in [9.17, 15) is 0 Å². The molecule has 0 radical (unpaired) electrons. The molecule has 26 heavy (non-hydrogen) atoms. The largest absolute Gasteiger partial charge is 0.376 e. The van der Waals surface area contributed by atoms with Gasteiger partial charge in [-0.15, -0.1) is 0 Å². The molecule has 5 heteroatoms. The van der Waals surface area contributed by atoms with E-state index in [1.54, 1.807) is 0 Å². The number of hydrogen-bond acceptors (Lipinski definition) is 5. The molecule has 0 aliphatic carbocycles. The summed E-state index contributed by atoms with van der Waals surface area (Å²) in [4.78, 5) is 4.99. The number of ether oxygens (including phenoxy) is 1. The van der Waals surface area contributed by atoms with E-state index in [4.69, 9.17) is 4.74 Å². The van der Waals surface area contributed by atoms with Crippen LogP contribution >= 0.6 is 0 Å². The fourth-order valence-electron chi connectivity index (χ4n) is 4.66. The summed E-state index contributed by atoms with van der Waals surface area (Å²) in [6, 6.07) is 3.97. The summed E-state index contributed by atoms with van der Waals surface area (Å²) in [5, 5.41) is 7.61. The summed E-state index contributed by atoms with van der Waals surface area (Å²) in [5.74, 6) is 0.468. The van der Waals surface area contributed by atoms with Gasteiger partial charge in [-0.3, -0.25) is 9.80 Å². The summed E-state index contributed by atoms with van der Waals surface area (Å²) in [7, 11) is 4.49. The summed E-state index contributed by atoms with van der Waals surface area (Å²) in [6.45, 7) is 19.2. The Bertz CT molecular complexity index is 448. The number of hydrogen-bond donors (Lipinski definition) is 2. The van der Waals surface area contributed by atoms with Crippen LogP contribution in [-0.2, 0) is 4.74 Å². The van der Waals surface area contributed by atoms with Crippen LogP contribution in [-0.4, -0.2) is 84.9 Å². The van der Waals surface area contributed by atoms with Crippen molar-refractivity contribution in [1.29, 1.82) is 0 Å². The number of nitrogens with one attached hydrogen (secondary N) is 2. The number of rotatable bonds is 5. The maximum absolute atomic E-state index is 6.40. The zero-order valence-corrected chi connectivity index (χ0v) is 18.8. The average Bonchev–Trinajstić information content (AvgIpc) is 2.62. The van der Waals surface area contributed by atoms with E-state index >= 15 is 0 Å². The van der Waals surface area contributed by atoms with Crippen LogP contribution < -0.4 is 10.6 Å². The summed E-state index contributed by atoms with van der Waals surface area (Å²) in [6.07, 6.45) is 0.234. The predicted molar refractivity (Wildman–Crippen MR) is 111 cm³/mol. The van der Waals surface area contributed by atoms with Gasteiger partial charge in [0.05, 0.1) is 12.7 Å². The van der Waals surface area contributed by atoms with Gasteiger partial charge in [0.25, 0.3) is 0 Å². The van der Waals surface area contributed by atoms with Crippen molar-refractivity contribution in [2.45, 2.75) is 110 Å². The first-order valence-corrected chi connectivity index (χ1v) is 10.6. The fourth-order valence-corrected chi connectivity index (χ4v) is 4.66. The maximum Gasteiger partial charge on any atom is 0.0638 e. The lowest BCUT2D eigenvalue weighted by molar-refractivity contribution is -0.0416. The standard InChI is InChI=1S/C21H44N4O/c1-12(21-18(7)25(10)16(5)14(3)23-21)19(8)26-11-20-17(6)24(9)15(4)13(2)22-20/h12-23H,11H2,1-10H3. The molecule has 0 amide bonds. The van der Waals surface area contributed by atoms with Crippen LogP contribution in [0.4, 0.5) is 0 Å². The third kappa shape index (κ3) is 4.44. The third-order valence-corrected chi connectivity index (χ3v) is 7.90. The Balaban J connectivity index is 1.92. The quantitative estimate of drug-likeness (QED) is 0.778. The van der Waals surface area contributed by atoms with Gasteiger partial charge >= 0.3 is 0 Å². The smallest absolute Gasteiger partial charge is 0.0638 e. The first-order chi connectivity index (χ1) is 12.1. The van der Waals surface area contributed by atoms with E-state index in [0.29, 0.717) is 54.3 Å². The average molecular weight is 369 g/mol. The van der Waals surface area contributed by atoms with E-state index in [1.165, 1.54) is 0 Å². The van der Waals surface area contributed by atoms with Crippen molar-refractivity contribution >= 4 is 0 Å². The highest BCUT2D eigenvalue weighted by Crippen LogP contribution is 2.25. The molecule has 0 saturated carbocycles. The second-order valence-electron chi connectivity index (χ2n) is 9.23. The Kier molecular flexibility index (Phi) is 7.54. The second kappa shape index (κ2) is 8.87. The zero-order valence-electron chi connectivity index (χ0n) is 18.8. The van der Waals surface area contributed by atoms with Gasteiger partial charge in [-0.1, -0.05) is 6.92 Å². The Labute approximate surface area is 162 Å². The van der Waals surface area contributed by atoms with Crippen LogP contribution in [0.2, 0.25) is 0 Å². The number of likely N-dealkylation sites (N-methyl/N-ethyl adjacent to an activating group) is 2. The molecule has 2 rings (SSSR count). The Morgan fingerprint density at radius 3 is 1.85 bits per heavy atom. The van der Waals surface area contributed by atoms with E-state index in [2.05, 4.69) is 89.9 Å². The van der Waals surface area contributed by atoms with Crippen molar-refractivity contribution in [3.8, 4) is 0 Å². The van der Waals surface area contributed by atoms with E-state index in [1.807, 2.05) is 0 Å². The highest BCUT2D eigenvalue weighted by molar-refractivity contribution is 4.97. The first-order valence-electron chi connectivity index (χ1n) is 10.6. The molecule has 2 heterocycles. The maximum atomic E-state index is 6.40. The second-order valence-corrected chi connectivity index (χ2v) is 9.23. The van der Waals surface area contributed by atoms with Crippen molar-refractivity contribution in [3.63, 3.8) is 0 Å². The fraction of sp³-hybridized carbons (Fsp3) is 1.00. The van der Waals surface area contributed by atoms with Gasteiger partial charge in [0, 0.05) is 48.3 Å². The Morgan fingerprint density at radius 2 is 1.27 bits per heavy atom. The van der Waals surface area contributed by atoms with Crippen molar-refractivity contribution in [2.24, 2.45) is 5.92 Å². The molecule has 10 atom stereocenters. The minimum atomic E-state index is 0.234. The SMILES string of the molecule is CC1NC(COC(C)C(C)C2NC(C)C(C)N(C)C2C)C(C)N(C)C1C. The minimum absolute atomic E-state index is 0.234. The van der Waals surface area contributed by atoms with Crippen molar-refractivity contribution in [2.75, 3.05) is 20.7 Å². The van der Waals surface area contributed by atoms with Gasteiger partial charge in [-0.05, 0) is 68.5 Å². The van der Waals surface area contributed by atoms with Crippen LogP contribution in [0.15, 0.2) is 0 Å². The van der Waals surface area contributed by atoms with Crippen LogP contribution in [0, 0.1) is 5.92 Å².